The Labute approximate surface area is 222 Å². The van der Waals surface area contributed by atoms with E-state index in [1.165, 1.54) is 33.0 Å². The largest absolute Gasteiger partial charge is 0.443 e. The molecule has 0 spiro atoms. The normalized spacial score (nSPS) is 12.0. The third kappa shape index (κ3) is 4.30. The molecule has 1 heterocycles. The van der Waals surface area contributed by atoms with E-state index in [0.29, 0.717) is 17.8 Å². The molecule has 0 atom stereocenters. The zero-order valence-corrected chi connectivity index (χ0v) is 23.2. The van der Waals surface area contributed by atoms with Crippen molar-refractivity contribution in [2.24, 2.45) is 7.05 Å². The van der Waals surface area contributed by atoms with Gasteiger partial charge in [0, 0.05) is 28.9 Å². The van der Waals surface area contributed by atoms with Crippen LogP contribution in [0.5, 0.6) is 0 Å². The van der Waals surface area contributed by atoms with Crippen LogP contribution in [0.25, 0.3) is 32.9 Å². The Balaban J connectivity index is 1.91. The molecule has 0 amide bonds. The van der Waals surface area contributed by atoms with Crippen LogP contribution in [-0.4, -0.2) is 16.5 Å². The number of nitrogens with zero attached hydrogens (tertiary/aromatic N) is 1. The van der Waals surface area contributed by atoms with Crippen LogP contribution >= 0.6 is 0 Å². The summed E-state index contributed by atoms with van der Waals surface area (Å²) in [6, 6.07) is 28.1. The smallest absolute Gasteiger partial charge is 0.362 e. The molecule has 5 aromatic rings. The van der Waals surface area contributed by atoms with E-state index < -0.39 is 6.92 Å². The molecule has 4 aromatic carbocycles. The summed E-state index contributed by atoms with van der Waals surface area (Å²) in [5, 5.41) is 15.0. The average Bonchev–Trinajstić information content (AvgIpc) is 3.19. The average molecular weight is 487 g/mol. The van der Waals surface area contributed by atoms with Gasteiger partial charge in [0.05, 0.1) is 0 Å². The summed E-state index contributed by atoms with van der Waals surface area (Å²) < 4.78 is 2.27. The van der Waals surface area contributed by atoms with Crippen LogP contribution in [0, 0.1) is 0 Å². The summed E-state index contributed by atoms with van der Waals surface area (Å²) in [6.07, 6.45) is 0. The van der Waals surface area contributed by atoms with Crippen molar-refractivity contribution in [1.29, 1.82) is 0 Å². The molecular formula is C34H38BNO. The predicted octanol–water partition coefficient (Wildman–Crippen LogP) is 7.47. The molecule has 0 saturated heterocycles. The number of hydrogen-bond acceptors (Lipinski definition) is 1. The first-order valence-corrected chi connectivity index (χ1v) is 13.6. The van der Waals surface area contributed by atoms with Gasteiger partial charge in [-0.25, -0.2) is 0 Å². The molecule has 0 radical (unpaired) electrons. The molecule has 188 valence electrons. The Bertz CT molecular complexity index is 1550. The van der Waals surface area contributed by atoms with Crippen molar-refractivity contribution in [3.8, 4) is 11.1 Å². The number of rotatable bonds is 6. The van der Waals surface area contributed by atoms with Crippen molar-refractivity contribution >= 4 is 39.6 Å². The molecule has 0 bridgehead atoms. The number of benzene rings is 4. The predicted molar refractivity (Wildman–Crippen MR) is 162 cm³/mol. The molecule has 0 fully saturated rings. The summed E-state index contributed by atoms with van der Waals surface area (Å²) in [5.74, 6) is 1.03. The number of aromatic nitrogens is 1. The Kier molecular flexibility index (Phi) is 6.77. The van der Waals surface area contributed by atoms with Crippen molar-refractivity contribution in [3.05, 3.63) is 95.6 Å². The van der Waals surface area contributed by atoms with Gasteiger partial charge in [0.2, 0.25) is 0 Å². The first kappa shape index (κ1) is 25.4. The van der Waals surface area contributed by atoms with Crippen molar-refractivity contribution < 1.29 is 5.02 Å². The van der Waals surface area contributed by atoms with Gasteiger partial charge in [-0.15, -0.1) is 0 Å². The van der Waals surface area contributed by atoms with Gasteiger partial charge in [-0.05, 0) is 62.6 Å². The molecule has 37 heavy (non-hydrogen) atoms. The second-order valence-corrected chi connectivity index (χ2v) is 11.3. The summed E-state index contributed by atoms with van der Waals surface area (Å²) >= 11 is 0. The van der Waals surface area contributed by atoms with E-state index in [-0.39, 0.29) is 0 Å². The highest BCUT2D eigenvalue weighted by Crippen LogP contribution is 2.32. The molecule has 0 aliphatic rings. The highest BCUT2D eigenvalue weighted by atomic mass is 16.2. The lowest BCUT2D eigenvalue weighted by Gasteiger charge is -2.26. The van der Waals surface area contributed by atoms with Crippen molar-refractivity contribution in [1.82, 2.24) is 4.57 Å². The Morgan fingerprint density at radius 1 is 0.649 bits per heavy atom. The van der Waals surface area contributed by atoms with E-state index in [9.17, 15) is 5.02 Å². The monoisotopic (exact) mass is 487 g/mol. The minimum Gasteiger partial charge on any atom is -0.443 e. The lowest BCUT2D eigenvalue weighted by molar-refractivity contribution is 0.598. The highest BCUT2D eigenvalue weighted by Gasteiger charge is 2.32. The summed E-state index contributed by atoms with van der Waals surface area (Å²) in [6.45, 7) is 12.7. The zero-order valence-electron chi connectivity index (χ0n) is 23.2. The topological polar surface area (TPSA) is 25.2 Å². The van der Waals surface area contributed by atoms with Crippen LogP contribution < -0.4 is 10.9 Å². The standard InChI is InChI=1S/C34H38BNO/c1-21(2)25-19-29(22(3)4)32(30(20-25)23(5)6)35(37)33-26(24-13-9-8-10-14-24)17-18-28-27-15-11-12-16-31(27)36(7)34(28)33/h8-23,37H,1-7H3. The second kappa shape index (κ2) is 9.87. The third-order valence-corrected chi connectivity index (χ3v) is 7.92. The molecule has 5 rings (SSSR count). The molecule has 0 saturated carbocycles. The lowest BCUT2D eigenvalue weighted by atomic mass is 9.50. The fourth-order valence-electron chi connectivity index (χ4n) is 5.92. The van der Waals surface area contributed by atoms with Gasteiger partial charge in [0.1, 0.15) is 0 Å². The van der Waals surface area contributed by atoms with Crippen molar-refractivity contribution in [3.63, 3.8) is 0 Å². The van der Waals surface area contributed by atoms with Crippen molar-refractivity contribution in [2.75, 3.05) is 0 Å². The quantitative estimate of drug-likeness (QED) is 0.247. The SMILES string of the molecule is CC(C)c1cc(C(C)C)c(B(O)c2c(-c3ccccc3)ccc3c4ccccc4n(C)c23)c(C(C)C)c1. The highest BCUT2D eigenvalue weighted by molar-refractivity contribution is 6.83. The Morgan fingerprint density at radius 2 is 1.24 bits per heavy atom. The van der Waals surface area contributed by atoms with Gasteiger partial charge in [0.25, 0.3) is 0 Å². The van der Waals surface area contributed by atoms with Gasteiger partial charge in [0.15, 0.2) is 0 Å². The van der Waals surface area contributed by atoms with Crippen molar-refractivity contribution in [2.45, 2.75) is 59.3 Å². The minimum absolute atomic E-state index is 0.299. The molecular weight excluding hydrogens is 449 g/mol. The molecule has 0 aliphatic heterocycles. The number of aryl methyl sites for hydroxylation is 1. The van der Waals surface area contributed by atoms with Gasteiger partial charge in [-0.3, -0.25) is 0 Å². The third-order valence-electron chi connectivity index (χ3n) is 7.92. The molecule has 3 heteroatoms. The number of para-hydroxylation sites is 1. The van der Waals surface area contributed by atoms with Crippen LogP contribution in [0.2, 0.25) is 0 Å². The second-order valence-electron chi connectivity index (χ2n) is 11.3. The first-order chi connectivity index (χ1) is 17.7. The molecule has 1 N–H and O–H groups in total. The fourth-order valence-corrected chi connectivity index (χ4v) is 5.92. The van der Waals surface area contributed by atoms with Crippen LogP contribution in [0.1, 0.15) is 76.0 Å². The minimum atomic E-state index is -0.752. The fraction of sp³-hybridized carbons (Fsp3) is 0.294. The summed E-state index contributed by atoms with van der Waals surface area (Å²) in [4.78, 5) is 0. The molecule has 2 nitrogen and oxygen atoms in total. The van der Waals surface area contributed by atoms with Crippen LogP contribution in [0.3, 0.4) is 0 Å². The zero-order chi connectivity index (χ0) is 26.4. The van der Waals surface area contributed by atoms with Crippen LogP contribution in [-0.2, 0) is 7.05 Å². The lowest BCUT2D eigenvalue weighted by Crippen LogP contribution is -2.48. The summed E-state index contributed by atoms with van der Waals surface area (Å²) in [5.41, 5.74) is 10.4. The van der Waals surface area contributed by atoms with E-state index in [2.05, 4.69) is 126 Å². The Morgan fingerprint density at radius 3 is 1.84 bits per heavy atom. The number of fused-ring (bicyclic) bond motifs is 3. The number of hydrogen-bond donors (Lipinski definition) is 1. The van der Waals surface area contributed by atoms with E-state index in [0.717, 1.165) is 27.6 Å². The van der Waals surface area contributed by atoms with Crippen LogP contribution in [0.4, 0.5) is 0 Å². The van der Waals surface area contributed by atoms with Crippen LogP contribution in [0.15, 0.2) is 78.9 Å². The maximum absolute atomic E-state index is 12.6. The van der Waals surface area contributed by atoms with Gasteiger partial charge in [-0.1, -0.05) is 114 Å². The van der Waals surface area contributed by atoms with Gasteiger partial charge in [-0.2, -0.15) is 0 Å². The maximum Gasteiger partial charge on any atom is 0.362 e. The Hall–Kier alpha value is -3.30. The molecule has 1 aromatic heterocycles. The van der Waals surface area contributed by atoms with E-state index >= 15 is 0 Å². The van der Waals surface area contributed by atoms with Gasteiger partial charge >= 0.3 is 6.92 Å². The summed E-state index contributed by atoms with van der Waals surface area (Å²) in [7, 11) is 2.13. The first-order valence-electron chi connectivity index (χ1n) is 13.6. The molecule has 0 unspecified atom stereocenters. The van der Waals surface area contributed by atoms with E-state index in [1.807, 2.05) is 6.07 Å². The van der Waals surface area contributed by atoms with Gasteiger partial charge < -0.3 is 9.59 Å². The molecule has 0 aliphatic carbocycles. The maximum atomic E-state index is 12.6. The van der Waals surface area contributed by atoms with E-state index in [1.54, 1.807) is 0 Å². The van der Waals surface area contributed by atoms with E-state index in [4.69, 9.17) is 0 Å².